The van der Waals surface area contributed by atoms with Gasteiger partial charge in [-0.25, -0.2) is 4.79 Å². The number of benzene rings is 1. The molecule has 0 spiro atoms. The summed E-state index contributed by atoms with van der Waals surface area (Å²) in [5, 5.41) is 8.69. The average Bonchev–Trinajstić information content (AvgIpc) is 2.16. The zero-order valence-electron chi connectivity index (χ0n) is 7.91. The normalized spacial score (nSPS) is 10.9. The summed E-state index contributed by atoms with van der Waals surface area (Å²) in [5.74, 6) is -1.76. The van der Waals surface area contributed by atoms with Crippen LogP contribution in [0.15, 0.2) is 31.0 Å². The van der Waals surface area contributed by atoms with Gasteiger partial charge in [-0.15, -0.1) is 0 Å². The molecule has 3 nitrogen and oxygen atoms in total. The largest absolute Gasteiger partial charge is 0.478 e. The Morgan fingerprint density at radius 2 is 2.06 bits per heavy atom. The van der Waals surface area contributed by atoms with Crippen molar-refractivity contribution in [3.8, 4) is 5.75 Å². The van der Waals surface area contributed by atoms with Crippen molar-refractivity contribution in [2.45, 2.75) is 6.18 Å². The van der Waals surface area contributed by atoms with Crippen LogP contribution in [-0.2, 0) is 6.18 Å². The van der Waals surface area contributed by atoms with Crippen molar-refractivity contribution in [3.63, 3.8) is 0 Å². The fourth-order valence-electron chi connectivity index (χ4n) is 1.06. The van der Waals surface area contributed by atoms with Gasteiger partial charge in [-0.3, -0.25) is 0 Å². The maximum absolute atomic E-state index is 12.3. The van der Waals surface area contributed by atoms with Crippen LogP contribution in [0, 0.1) is 0 Å². The number of alkyl halides is 3. The standard InChI is InChI=1S/C10H7F3O3/c1-2-16-8-5-6(10(11,12)13)3-4-7(8)9(14)15/h2-5H,1H2,(H,14,15). The van der Waals surface area contributed by atoms with E-state index >= 15 is 0 Å². The second-order valence-corrected chi connectivity index (χ2v) is 2.80. The zero-order valence-corrected chi connectivity index (χ0v) is 7.91. The molecule has 6 heteroatoms. The highest BCUT2D eigenvalue weighted by molar-refractivity contribution is 5.91. The van der Waals surface area contributed by atoms with Crippen molar-refractivity contribution in [2.75, 3.05) is 0 Å². The molecule has 16 heavy (non-hydrogen) atoms. The minimum Gasteiger partial charge on any atom is -0.478 e. The van der Waals surface area contributed by atoms with Gasteiger partial charge < -0.3 is 9.84 Å². The molecule has 0 aromatic heterocycles. The molecule has 0 aliphatic rings. The number of carboxylic acid groups (broad SMARTS) is 1. The molecule has 86 valence electrons. The third-order valence-electron chi connectivity index (χ3n) is 1.75. The first-order valence-electron chi connectivity index (χ1n) is 4.08. The summed E-state index contributed by atoms with van der Waals surface area (Å²) in [6, 6.07) is 2.13. The lowest BCUT2D eigenvalue weighted by Crippen LogP contribution is -2.07. The van der Waals surface area contributed by atoms with Crippen LogP contribution in [0.3, 0.4) is 0 Å². The summed E-state index contributed by atoms with van der Waals surface area (Å²) >= 11 is 0. The molecular weight excluding hydrogens is 225 g/mol. The summed E-state index contributed by atoms with van der Waals surface area (Å²) in [7, 11) is 0. The third-order valence-corrected chi connectivity index (χ3v) is 1.75. The van der Waals surface area contributed by atoms with Gasteiger partial charge in [0.15, 0.2) is 0 Å². The fraction of sp³-hybridized carbons (Fsp3) is 0.100. The molecule has 0 saturated carbocycles. The maximum atomic E-state index is 12.3. The van der Waals surface area contributed by atoms with Crippen LogP contribution in [0.25, 0.3) is 0 Å². The van der Waals surface area contributed by atoms with E-state index in [9.17, 15) is 18.0 Å². The highest BCUT2D eigenvalue weighted by atomic mass is 19.4. The highest BCUT2D eigenvalue weighted by Crippen LogP contribution is 2.33. The molecule has 0 aliphatic carbocycles. The molecule has 1 rings (SSSR count). The first kappa shape index (κ1) is 12.1. The van der Waals surface area contributed by atoms with Gasteiger partial charge in [-0.2, -0.15) is 13.2 Å². The topological polar surface area (TPSA) is 46.5 Å². The van der Waals surface area contributed by atoms with Crippen molar-refractivity contribution in [1.82, 2.24) is 0 Å². The van der Waals surface area contributed by atoms with Gasteiger partial charge in [0.05, 0.1) is 11.8 Å². The zero-order chi connectivity index (χ0) is 12.3. The molecule has 0 amide bonds. The molecule has 0 fully saturated rings. The highest BCUT2D eigenvalue weighted by Gasteiger charge is 2.31. The smallest absolute Gasteiger partial charge is 0.416 e. The lowest BCUT2D eigenvalue weighted by atomic mass is 10.1. The Morgan fingerprint density at radius 3 is 2.50 bits per heavy atom. The average molecular weight is 232 g/mol. The number of carbonyl (C=O) groups is 1. The van der Waals surface area contributed by atoms with E-state index < -0.39 is 23.5 Å². The lowest BCUT2D eigenvalue weighted by Gasteiger charge is -2.10. The second kappa shape index (κ2) is 4.26. The van der Waals surface area contributed by atoms with E-state index in [1.54, 1.807) is 0 Å². The van der Waals surface area contributed by atoms with Crippen molar-refractivity contribution >= 4 is 5.97 Å². The molecule has 1 aromatic carbocycles. The molecule has 0 saturated heterocycles. The Kier molecular flexibility index (Phi) is 3.22. The summed E-state index contributed by atoms with van der Waals surface area (Å²) in [6.07, 6.45) is -3.68. The molecule has 0 atom stereocenters. The monoisotopic (exact) mass is 232 g/mol. The van der Waals surface area contributed by atoms with Crippen molar-refractivity contribution in [1.29, 1.82) is 0 Å². The molecule has 0 radical (unpaired) electrons. The fourth-order valence-corrected chi connectivity index (χ4v) is 1.06. The summed E-state index contributed by atoms with van der Waals surface area (Å²) in [6.45, 7) is 3.15. The molecule has 0 bridgehead atoms. The lowest BCUT2D eigenvalue weighted by molar-refractivity contribution is -0.137. The van der Waals surface area contributed by atoms with Crippen LogP contribution >= 0.6 is 0 Å². The Labute approximate surface area is 88.8 Å². The Bertz CT molecular complexity index is 424. The number of hydrogen-bond donors (Lipinski definition) is 1. The molecular formula is C10H7F3O3. The minimum atomic E-state index is -4.55. The van der Waals surface area contributed by atoms with Crippen LogP contribution in [0.1, 0.15) is 15.9 Å². The van der Waals surface area contributed by atoms with E-state index in [0.29, 0.717) is 12.1 Å². The molecule has 1 aromatic rings. The van der Waals surface area contributed by atoms with E-state index in [4.69, 9.17) is 5.11 Å². The van der Waals surface area contributed by atoms with E-state index in [2.05, 4.69) is 11.3 Å². The Hall–Kier alpha value is -1.98. The van der Waals surface area contributed by atoms with Crippen LogP contribution in [0.4, 0.5) is 13.2 Å². The maximum Gasteiger partial charge on any atom is 0.416 e. The van der Waals surface area contributed by atoms with Gasteiger partial charge in [0.2, 0.25) is 0 Å². The SMILES string of the molecule is C=COc1cc(C(F)(F)F)ccc1C(=O)O. The predicted molar refractivity (Wildman–Crippen MR) is 49.2 cm³/mol. The van der Waals surface area contributed by atoms with Crippen LogP contribution < -0.4 is 4.74 Å². The van der Waals surface area contributed by atoms with Gasteiger partial charge in [-0.1, -0.05) is 6.58 Å². The third kappa shape index (κ3) is 2.53. The van der Waals surface area contributed by atoms with Crippen molar-refractivity contribution in [2.24, 2.45) is 0 Å². The molecule has 1 N–H and O–H groups in total. The van der Waals surface area contributed by atoms with Crippen LogP contribution in [0.5, 0.6) is 5.75 Å². The number of hydrogen-bond acceptors (Lipinski definition) is 2. The summed E-state index contributed by atoms with van der Waals surface area (Å²) < 4.78 is 41.6. The van der Waals surface area contributed by atoms with Gasteiger partial charge in [0.1, 0.15) is 11.3 Å². The van der Waals surface area contributed by atoms with Gasteiger partial charge in [0.25, 0.3) is 0 Å². The number of aromatic carboxylic acids is 1. The second-order valence-electron chi connectivity index (χ2n) is 2.80. The van der Waals surface area contributed by atoms with E-state index in [1.807, 2.05) is 0 Å². The Balaban J connectivity index is 3.27. The number of carboxylic acids is 1. The van der Waals surface area contributed by atoms with Crippen molar-refractivity contribution < 1.29 is 27.8 Å². The van der Waals surface area contributed by atoms with E-state index in [0.717, 1.165) is 12.3 Å². The Morgan fingerprint density at radius 1 is 1.44 bits per heavy atom. The minimum absolute atomic E-state index is 0.354. The van der Waals surface area contributed by atoms with Crippen LogP contribution in [-0.4, -0.2) is 11.1 Å². The number of ether oxygens (including phenoxy) is 1. The first-order chi connectivity index (χ1) is 7.36. The summed E-state index contributed by atoms with van der Waals surface area (Å²) in [4.78, 5) is 10.7. The summed E-state index contributed by atoms with van der Waals surface area (Å²) in [5.41, 5.74) is -1.33. The van der Waals surface area contributed by atoms with Crippen LogP contribution in [0.2, 0.25) is 0 Å². The molecule has 0 aliphatic heterocycles. The van der Waals surface area contributed by atoms with Gasteiger partial charge in [-0.05, 0) is 18.2 Å². The van der Waals surface area contributed by atoms with E-state index in [-0.39, 0.29) is 5.56 Å². The number of rotatable bonds is 3. The van der Waals surface area contributed by atoms with Crippen molar-refractivity contribution in [3.05, 3.63) is 42.2 Å². The van der Waals surface area contributed by atoms with Gasteiger partial charge >= 0.3 is 12.1 Å². The molecule has 0 heterocycles. The predicted octanol–water partition coefficient (Wildman–Crippen LogP) is 2.93. The first-order valence-corrected chi connectivity index (χ1v) is 4.08. The quantitative estimate of drug-likeness (QED) is 0.815. The van der Waals surface area contributed by atoms with Gasteiger partial charge in [0, 0.05) is 0 Å². The van der Waals surface area contributed by atoms with E-state index in [1.165, 1.54) is 0 Å². The molecule has 0 unspecified atom stereocenters. The number of halogens is 3.